The molecule has 3 nitrogen and oxygen atoms in total. The molecule has 1 fully saturated rings. The van der Waals surface area contributed by atoms with E-state index >= 15 is 0 Å². The second-order valence-electron chi connectivity index (χ2n) is 4.56. The molecule has 2 atom stereocenters. The Morgan fingerprint density at radius 1 is 1.33 bits per heavy atom. The maximum atomic E-state index is 8.96. The molecule has 1 rings (SSSR count). The van der Waals surface area contributed by atoms with Crippen LogP contribution < -0.4 is 5.32 Å². The molecule has 0 aliphatic heterocycles. The minimum absolute atomic E-state index is 0.283. The monoisotopic (exact) mass is 214 g/mol. The van der Waals surface area contributed by atoms with Crippen LogP contribution >= 0.6 is 0 Å². The number of aliphatic hydroxyl groups is 1. The molecule has 0 saturated heterocycles. The maximum Gasteiger partial charge on any atom is 0.0558 e. The fraction of sp³-hybridized carbons (Fsp3) is 1.00. The van der Waals surface area contributed by atoms with Crippen molar-refractivity contribution in [2.75, 3.05) is 33.3 Å². The molecule has 0 amide bonds. The minimum Gasteiger partial charge on any atom is -0.395 e. The molecule has 90 valence electrons. The van der Waals surface area contributed by atoms with E-state index < -0.39 is 0 Å². The molecule has 0 radical (unpaired) electrons. The third-order valence-electron chi connectivity index (χ3n) is 3.64. The van der Waals surface area contributed by atoms with Gasteiger partial charge in [-0.15, -0.1) is 0 Å². The number of hydrogen-bond acceptors (Lipinski definition) is 3. The molecular weight excluding hydrogens is 188 g/mol. The zero-order chi connectivity index (χ0) is 11.1. The summed E-state index contributed by atoms with van der Waals surface area (Å²) in [6.45, 7) is 5.47. The van der Waals surface area contributed by atoms with E-state index in [1.54, 1.807) is 0 Å². The summed E-state index contributed by atoms with van der Waals surface area (Å²) in [5.74, 6) is 0.773. The van der Waals surface area contributed by atoms with Crippen molar-refractivity contribution < 1.29 is 5.11 Å². The van der Waals surface area contributed by atoms with Crippen molar-refractivity contribution in [1.29, 1.82) is 0 Å². The van der Waals surface area contributed by atoms with Crippen molar-refractivity contribution in [1.82, 2.24) is 10.2 Å². The number of nitrogens with one attached hydrogen (secondary N) is 1. The summed E-state index contributed by atoms with van der Waals surface area (Å²) in [5, 5.41) is 12.4. The summed E-state index contributed by atoms with van der Waals surface area (Å²) in [6, 6.07) is 0.687. The third kappa shape index (κ3) is 4.09. The third-order valence-corrected chi connectivity index (χ3v) is 3.64. The topological polar surface area (TPSA) is 35.5 Å². The lowest BCUT2D eigenvalue weighted by Gasteiger charge is -2.35. The van der Waals surface area contributed by atoms with Crippen LogP contribution in [0.3, 0.4) is 0 Å². The highest BCUT2D eigenvalue weighted by atomic mass is 16.3. The van der Waals surface area contributed by atoms with Gasteiger partial charge in [0.2, 0.25) is 0 Å². The molecule has 0 bridgehead atoms. The molecule has 0 aromatic heterocycles. The average molecular weight is 214 g/mol. The number of hydrogen-bond donors (Lipinski definition) is 2. The highest BCUT2D eigenvalue weighted by Crippen LogP contribution is 2.24. The molecule has 0 aromatic carbocycles. The van der Waals surface area contributed by atoms with E-state index in [9.17, 15) is 0 Å². The summed E-state index contributed by atoms with van der Waals surface area (Å²) in [5.41, 5.74) is 0. The number of nitrogens with zero attached hydrogens (tertiary/aromatic N) is 1. The van der Waals surface area contributed by atoms with E-state index in [2.05, 4.69) is 24.2 Å². The van der Waals surface area contributed by atoms with E-state index in [0.717, 1.165) is 25.6 Å². The van der Waals surface area contributed by atoms with E-state index in [1.807, 2.05) is 0 Å². The number of aliphatic hydroxyl groups excluding tert-OH is 1. The van der Waals surface area contributed by atoms with Gasteiger partial charge in [-0.05, 0) is 32.4 Å². The maximum absolute atomic E-state index is 8.96. The van der Waals surface area contributed by atoms with Gasteiger partial charge in [0, 0.05) is 19.1 Å². The van der Waals surface area contributed by atoms with Gasteiger partial charge in [-0.2, -0.15) is 0 Å². The predicted molar refractivity (Wildman–Crippen MR) is 64.0 cm³/mol. The van der Waals surface area contributed by atoms with Gasteiger partial charge in [-0.1, -0.05) is 19.8 Å². The summed E-state index contributed by atoms with van der Waals surface area (Å²) < 4.78 is 0. The first kappa shape index (κ1) is 12.9. The van der Waals surface area contributed by atoms with Crippen molar-refractivity contribution in [2.45, 2.75) is 38.6 Å². The van der Waals surface area contributed by atoms with Crippen molar-refractivity contribution in [3.05, 3.63) is 0 Å². The highest BCUT2D eigenvalue weighted by Gasteiger charge is 2.24. The van der Waals surface area contributed by atoms with Crippen molar-refractivity contribution in [3.63, 3.8) is 0 Å². The van der Waals surface area contributed by atoms with Crippen LogP contribution in [0.15, 0.2) is 0 Å². The SMILES string of the molecule is CCN(CCO)CC1CCCCC1NC. The van der Waals surface area contributed by atoms with Gasteiger partial charge in [-0.25, -0.2) is 0 Å². The Labute approximate surface area is 93.9 Å². The largest absolute Gasteiger partial charge is 0.395 e. The minimum atomic E-state index is 0.283. The van der Waals surface area contributed by atoms with Gasteiger partial charge in [0.1, 0.15) is 0 Å². The van der Waals surface area contributed by atoms with Gasteiger partial charge >= 0.3 is 0 Å². The van der Waals surface area contributed by atoms with Crippen molar-refractivity contribution >= 4 is 0 Å². The predicted octanol–water partition coefficient (Wildman–Crippen LogP) is 1.08. The lowest BCUT2D eigenvalue weighted by molar-refractivity contribution is 0.148. The number of likely N-dealkylation sites (N-methyl/N-ethyl adjacent to an activating group) is 1. The fourth-order valence-corrected chi connectivity index (χ4v) is 2.66. The summed E-state index contributed by atoms with van der Waals surface area (Å²) in [7, 11) is 2.07. The molecule has 2 unspecified atom stereocenters. The fourth-order valence-electron chi connectivity index (χ4n) is 2.66. The Morgan fingerprint density at radius 2 is 2.07 bits per heavy atom. The first-order valence-electron chi connectivity index (χ1n) is 6.32. The summed E-state index contributed by atoms with van der Waals surface area (Å²) in [4.78, 5) is 2.36. The van der Waals surface area contributed by atoms with Crippen LogP contribution in [0.25, 0.3) is 0 Å². The summed E-state index contributed by atoms with van der Waals surface area (Å²) >= 11 is 0. The van der Waals surface area contributed by atoms with Gasteiger partial charge in [-0.3, -0.25) is 0 Å². The molecular formula is C12H26N2O. The Kier molecular flexibility index (Phi) is 6.22. The van der Waals surface area contributed by atoms with Crippen LogP contribution in [0.2, 0.25) is 0 Å². The first-order valence-corrected chi connectivity index (χ1v) is 6.32. The highest BCUT2D eigenvalue weighted by molar-refractivity contribution is 4.82. The van der Waals surface area contributed by atoms with E-state index in [-0.39, 0.29) is 6.61 Å². The zero-order valence-electron chi connectivity index (χ0n) is 10.2. The van der Waals surface area contributed by atoms with E-state index in [0.29, 0.717) is 6.04 Å². The van der Waals surface area contributed by atoms with E-state index in [4.69, 9.17) is 5.11 Å². The van der Waals surface area contributed by atoms with Gasteiger partial charge in [0.15, 0.2) is 0 Å². The quantitative estimate of drug-likeness (QED) is 0.694. The van der Waals surface area contributed by atoms with Crippen LogP contribution in [0.1, 0.15) is 32.6 Å². The van der Waals surface area contributed by atoms with Gasteiger partial charge < -0.3 is 15.3 Å². The molecule has 0 spiro atoms. The van der Waals surface area contributed by atoms with Crippen molar-refractivity contribution in [3.8, 4) is 0 Å². The molecule has 3 heteroatoms. The van der Waals surface area contributed by atoms with Gasteiger partial charge in [0.05, 0.1) is 6.61 Å². The van der Waals surface area contributed by atoms with Crippen LogP contribution in [-0.4, -0.2) is 49.3 Å². The van der Waals surface area contributed by atoms with Crippen LogP contribution in [0.4, 0.5) is 0 Å². The summed E-state index contributed by atoms with van der Waals surface area (Å²) in [6.07, 6.45) is 5.40. The van der Waals surface area contributed by atoms with Crippen LogP contribution in [-0.2, 0) is 0 Å². The lowest BCUT2D eigenvalue weighted by atomic mass is 9.84. The molecule has 0 heterocycles. The molecule has 15 heavy (non-hydrogen) atoms. The molecule has 0 aromatic rings. The van der Waals surface area contributed by atoms with Crippen LogP contribution in [0, 0.1) is 5.92 Å². The Morgan fingerprint density at radius 3 is 2.67 bits per heavy atom. The second kappa shape index (κ2) is 7.20. The standard InChI is InChI=1S/C12H26N2O/c1-3-14(8-9-15)10-11-6-4-5-7-12(11)13-2/h11-13,15H,3-10H2,1-2H3. The smallest absolute Gasteiger partial charge is 0.0558 e. The molecule has 1 saturated carbocycles. The average Bonchev–Trinajstić information content (AvgIpc) is 2.29. The normalized spacial score (nSPS) is 27.2. The Bertz CT molecular complexity index is 164. The lowest BCUT2D eigenvalue weighted by Crippen LogP contribution is -2.43. The molecule has 2 N–H and O–H groups in total. The zero-order valence-corrected chi connectivity index (χ0v) is 10.2. The Balaban J connectivity index is 2.38. The molecule has 1 aliphatic rings. The first-order chi connectivity index (χ1) is 7.31. The van der Waals surface area contributed by atoms with E-state index in [1.165, 1.54) is 25.7 Å². The number of rotatable bonds is 6. The second-order valence-corrected chi connectivity index (χ2v) is 4.56. The molecule has 1 aliphatic carbocycles. The van der Waals surface area contributed by atoms with Crippen LogP contribution in [0.5, 0.6) is 0 Å². The van der Waals surface area contributed by atoms with Gasteiger partial charge in [0.25, 0.3) is 0 Å². The van der Waals surface area contributed by atoms with Crippen molar-refractivity contribution in [2.24, 2.45) is 5.92 Å². The Hall–Kier alpha value is -0.120.